The van der Waals surface area contributed by atoms with Crippen LogP contribution in [-0.4, -0.2) is 24.7 Å². The molecule has 1 aliphatic heterocycles. The van der Waals surface area contributed by atoms with E-state index in [-0.39, 0.29) is 12.5 Å². The number of rotatable bonds is 8. The average Bonchev–Trinajstić information content (AvgIpc) is 3.13. The van der Waals surface area contributed by atoms with Crippen molar-refractivity contribution >= 4 is 58.2 Å². The fourth-order valence-corrected chi connectivity index (χ4v) is 4.19. The molecule has 1 amide bonds. The molecule has 3 aromatic rings. The fourth-order valence-electron chi connectivity index (χ4n) is 3.55. The van der Waals surface area contributed by atoms with Gasteiger partial charge in [0.1, 0.15) is 34.6 Å². The SMILES string of the molecule is CCOc1ccc(N2C(=O)/C(=C\c3ccc(OC)c(COc4cccc(Cl)c4Cl)c3)NC2=S)cc1. The normalized spacial score (nSPS) is 14.3. The first-order valence-corrected chi connectivity index (χ1v) is 11.9. The number of nitrogens with zero attached hydrogens (tertiary/aromatic N) is 1. The first-order chi connectivity index (χ1) is 16.9. The van der Waals surface area contributed by atoms with Gasteiger partial charge in [-0.25, -0.2) is 0 Å². The average molecular weight is 529 g/mol. The Labute approximate surface area is 219 Å². The van der Waals surface area contributed by atoms with E-state index in [2.05, 4.69) is 5.32 Å². The number of carbonyl (C=O) groups is 1. The number of hydrogen-bond acceptors (Lipinski definition) is 5. The van der Waals surface area contributed by atoms with Gasteiger partial charge in [0, 0.05) is 5.56 Å². The van der Waals surface area contributed by atoms with E-state index in [9.17, 15) is 4.79 Å². The van der Waals surface area contributed by atoms with E-state index in [0.29, 0.717) is 44.6 Å². The van der Waals surface area contributed by atoms with Gasteiger partial charge in [0.15, 0.2) is 5.11 Å². The largest absolute Gasteiger partial charge is 0.496 e. The van der Waals surface area contributed by atoms with Gasteiger partial charge in [0.2, 0.25) is 0 Å². The number of nitrogens with one attached hydrogen (secondary N) is 1. The van der Waals surface area contributed by atoms with Crippen LogP contribution >= 0.6 is 35.4 Å². The number of carbonyl (C=O) groups excluding carboxylic acids is 1. The van der Waals surface area contributed by atoms with Crippen molar-refractivity contribution in [3.8, 4) is 17.2 Å². The lowest BCUT2D eigenvalue weighted by atomic mass is 10.1. The predicted molar refractivity (Wildman–Crippen MR) is 143 cm³/mol. The summed E-state index contributed by atoms with van der Waals surface area (Å²) in [6.07, 6.45) is 1.73. The fraction of sp³-hybridized carbons (Fsp3) is 0.154. The van der Waals surface area contributed by atoms with E-state index in [1.807, 2.05) is 25.1 Å². The molecule has 0 spiro atoms. The van der Waals surface area contributed by atoms with Crippen LogP contribution in [0.5, 0.6) is 17.2 Å². The lowest BCUT2D eigenvalue weighted by Gasteiger charge is -2.14. The van der Waals surface area contributed by atoms with Crippen LogP contribution in [0.4, 0.5) is 5.69 Å². The van der Waals surface area contributed by atoms with E-state index in [4.69, 9.17) is 49.6 Å². The molecule has 6 nitrogen and oxygen atoms in total. The highest BCUT2D eigenvalue weighted by molar-refractivity contribution is 7.80. The maximum absolute atomic E-state index is 13.1. The van der Waals surface area contributed by atoms with Crippen molar-refractivity contribution in [2.24, 2.45) is 0 Å². The molecule has 0 unspecified atom stereocenters. The molecule has 0 atom stereocenters. The van der Waals surface area contributed by atoms with Crippen molar-refractivity contribution in [3.63, 3.8) is 0 Å². The number of halogens is 2. The molecule has 0 aliphatic carbocycles. The molecule has 0 aromatic heterocycles. The molecule has 0 bridgehead atoms. The van der Waals surface area contributed by atoms with Crippen LogP contribution < -0.4 is 24.4 Å². The van der Waals surface area contributed by atoms with Gasteiger partial charge in [-0.2, -0.15) is 0 Å². The Morgan fingerprint density at radius 1 is 1.03 bits per heavy atom. The second-order valence-corrected chi connectivity index (χ2v) is 8.64. The van der Waals surface area contributed by atoms with Crippen LogP contribution in [0.25, 0.3) is 6.08 Å². The molecule has 1 saturated heterocycles. The van der Waals surface area contributed by atoms with Gasteiger partial charge in [-0.15, -0.1) is 0 Å². The van der Waals surface area contributed by atoms with Gasteiger partial charge in [-0.1, -0.05) is 35.3 Å². The van der Waals surface area contributed by atoms with Gasteiger partial charge in [-0.3, -0.25) is 9.69 Å². The van der Waals surface area contributed by atoms with Crippen molar-refractivity contribution in [1.82, 2.24) is 5.32 Å². The topological polar surface area (TPSA) is 60.0 Å². The lowest BCUT2D eigenvalue weighted by molar-refractivity contribution is -0.113. The van der Waals surface area contributed by atoms with Crippen LogP contribution in [-0.2, 0) is 11.4 Å². The Morgan fingerprint density at radius 3 is 2.51 bits per heavy atom. The number of hydrogen-bond donors (Lipinski definition) is 1. The number of ether oxygens (including phenoxy) is 3. The number of methoxy groups -OCH3 is 1. The lowest BCUT2D eigenvalue weighted by Crippen LogP contribution is -2.30. The standard InChI is InChI=1S/C26H22Cl2N2O4S/c1-3-33-19-10-8-18(9-11-19)30-25(31)21(29-26(30)35)14-16-7-12-22(32-2)17(13-16)15-34-23-6-4-5-20(27)24(23)28/h4-14H,3,15H2,1-2H3,(H,29,35)/b21-14+. The molecule has 35 heavy (non-hydrogen) atoms. The summed E-state index contributed by atoms with van der Waals surface area (Å²) in [5, 5.41) is 4.06. The van der Waals surface area contributed by atoms with E-state index < -0.39 is 0 Å². The van der Waals surface area contributed by atoms with E-state index in [1.165, 1.54) is 4.90 Å². The maximum atomic E-state index is 13.1. The molecular weight excluding hydrogens is 507 g/mol. The Hall–Kier alpha value is -3.26. The summed E-state index contributed by atoms with van der Waals surface area (Å²) < 4.78 is 16.8. The van der Waals surface area contributed by atoms with Crippen LogP contribution in [0.3, 0.4) is 0 Å². The molecule has 0 saturated carbocycles. The van der Waals surface area contributed by atoms with Crippen molar-refractivity contribution in [2.75, 3.05) is 18.6 Å². The zero-order valence-electron chi connectivity index (χ0n) is 19.0. The second-order valence-electron chi connectivity index (χ2n) is 7.47. The van der Waals surface area contributed by atoms with Crippen LogP contribution in [0.2, 0.25) is 10.0 Å². The molecule has 180 valence electrons. The van der Waals surface area contributed by atoms with Crippen LogP contribution in [0.15, 0.2) is 66.4 Å². The number of amides is 1. The number of anilines is 1. The van der Waals surface area contributed by atoms with Gasteiger partial charge in [0.05, 0.1) is 24.4 Å². The predicted octanol–water partition coefficient (Wildman–Crippen LogP) is 6.24. The number of benzene rings is 3. The zero-order valence-corrected chi connectivity index (χ0v) is 21.3. The van der Waals surface area contributed by atoms with Crippen molar-refractivity contribution in [1.29, 1.82) is 0 Å². The van der Waals surface area contributed by atoms with Crippen molar-refractivity contribution < 1.29 is 19.0 Å². The van der Waals surface area contributed by atoms with Crippen LogP contribution in [0.1, 0.15) is 18.1 Å². The molecule has 1 fully saturated rings. The third-order valence-electron chi connectivity index (χ3n) is 5.20. The molecule has 9 heteroatoms. The molecule has 1 N–H and O–H groups in total. The minimum atomic E-state index is -0.251. The molecular formula is C26H22Cl2N2O4S. The summed E-state index contributed by atoms with van der Waals surface area (Å²) >= 11 is 17.7. The molecule has 4 rings (SSSR count). The third kappa shape index (κ3) is 5.53. The first kappa shape index (κ1) is 24.9. The summed E-state index contributed by atoms with van der Waals surface area (Å²) in [7, 11) is 1.58. The third-order valence-corrected chi connectivity index (χ3v) is 6.29. The van der Waals surface area contributed by atoms with Crippen molar-refractivity contribution in [3.05, 3.63) is 87.5 Å². The van der Waals surface area contributed by atoms with E-state index in [1.54, 1.807) is 55.7 Å². The molecule has 1 heterocycles. The van der Waals surface area contributed by atoms with Crippen molar-refractivity contribution in [2.45, 2.75) is 13.5 Å². The Kier molecular flexibility index (Phi) is 7.80. The summed E-state index contributed by atoms with van der Waals surface area (Å²) in [6, 6.07) is 17.9. The maximum Gasteiger partial charge on any atom is 0.281 e. The summed E-state index contributed by atoms with van der Waals surface area (Å²) in [5.74, 6) is 1.58. The summed E-state index contributed by atoms with van der Waals surface area (Å²) in [4.78, 5) is 14.6. The van der Waals surface area contributed by atoms with Gasteiger partial charge >= 0.3 is 0 Å². The van der Waals surface area contributed by atoms with Gasteiger partial charge in [0.25, 0.3) is 5.91 Å². The van der Waals surface area contributed by atoms with E-state index in [0.717, 1.165) is 16.9 Å². The Morgan fingerprint density at radius 2 is 1.80 bits per heavy atom. The van der Waals surface area contributed by atoms with E-state index >= 15 is 0 Å². The second kappa shape index (κ2) is 11.0. The first-order valence-electron chi connectivity index (χ1n) is 10.7. The highest BCUT2D eigenvalue weighted by atomic mass is 35.5. The Bertz CT molecular complexity index is 1300. The highest BCUT2D eigenvalue weighted by Crippen LogP contribution is 2.33. The van der Waals surface area contributed by atoms with Gasteiger partial charge < -0.3 is 19.5 Å². The summed E-state index contributed by atoms with van der Waals surface area (Å²) in [5.41, 5.74) is 2.56. The van der Waals surface area contributed by atoms with Gasteiger partial charge in [-0.05, 0) is 79.3 Å². The summed E-state index contributed by atoms with van der Waals surface area (Å²) in [6.45, 7) is 2.67. The number of thiocarbonyl (C=S) groups is 1. The minimum Gasteiger partial charge on any atom is -0.496 e. The zero-order chi connectivity index (χ0) is 24.9. The monoisotopic (exact) mass is 528 g/mol. The molecule has 0 radical (unpaired) electrons. The quantitative estimate of drug-likeness (QED) is 0.275. The molecule has 1 aliphatic rings. The molecule has 3 aromatic carbocycles. The smallest absolute Gasteiger partial charge is 0.281 e. The minimum absolute atomic E-state index is 0.193. The highest BCUT2D eigenvalue weighted by Gasteiger charge is 2.32. The Balaban J connectivity index is 1.55. The van der Waals surface area contributed by atoms with Crippen LogP contribution in [0, 0.1) is 0 Å².